The Morgan fingerprint density at radius 2 is 2.22 bits per heavy atom. The van der Waals surface area contributed by atoms with Crippen LogP contribution in [0, 0.1) is 0 Å². The second kappa shape index (κ2) is 8.44. The number of aromatic nitrogens is 2. The van der Waals surface area contributed by atoms with Crippen molar-refractivity contribution in [2.24, 2.45) is 5.73 Å². The number of aliphatic hydroxyl groups excluding tert-OH is 1. The topological polar surface area (TPSA) is 104 Å². The molecule has 3 N–H and O–H groups in total. The number of hydrogen-bond donors (Lipinski definition) is 2. The monoisotopic (exact) mass is 277 g/mol. The summed E-state index contributed by atoms with van der Waals surface area (Å²) in [5.41, 5.74) is 5.34. The lowest BCUT2D eigenvalue weighted by atomic mass is 10.4. The van der Waals surface area contributed by atoms with Crippen molar-refractivity contribution in [2.45, 2.75) is 30.9 Å². The van der Waals surface area contributed by atoms with Gasteiger partial charge in [-0.3, -0.25) is 0 Å². The summed E-state index contributed by atoms with van der Waals surface area (Å²) in [6, 6.07) is 0. The smallest absolute Gasteiger partial charge is 0.276 e. The first kappa shape index (κ1) is 15.4. The van der Waals surface area contributed by atoms with Crippen LogP contribution in [0.3, 0.4) is 0 Å². The molecule has 2 unspecified atom stereocenters. The maximum atomic E-state index is 9.69. The highest BCUT2D eigenvalue weighted by molar-refractivity contribution is 7.99. The Hall–Kier alpha value is -0.670. The van der Waals surface area contributed by atoms with Crippen molar-refractivity contribution in [3.63, 3.8) is 0 Å². The van der Waals surface area contributed by atoms with E-state index in [4.69, 9.17) is 19.6 Å². The van der Waals surface area contributed by atoms with Crippen LogP contribution < -0.4 is 5.73 Å². The van der Waals surface area contributed by atoms with Crippen LogP contribution in [0.5, 0.6) is 0 Å². The third kappa shape index (κ3) is 5.78. The molecule has 1 heterocycles. The lowest BCUT2D eigenvalue weighted by Gasteiger charge is -2.14. The zero-order valence-corrected chi connectivity index (χ0v) is 11.4. The van der Waals surface area contributed by atoms with Crippen LogP contribution in [0.25, 0.3) is 0 Å². The van der Waals surface area contributed by atoms with Crippen LogP contribution >= 0.6 is 11.8 Å². The van der Waals surface area contributed by atoms with Crippen LogP contribution in [0.2, 0.25) is 0 Å². The summed E-state index contributed by atoms with van der Waals surface area (Å²) in [5, 5.41) is 17.6. The molecule has 0 saturated heterocycles. The van der Waals surface area contributed by atoms with Crippen molar-refractivity contribution in [1.29, 1.82) is 0 Å². The molecular weight excluding hydrogens is 258 g/mol. The third-order valence-corrected chi connectivity index (χ3v) is 2.96. The highest BCUT2D eigenvalue weighted by Gasteiger charge is 2.11. The molecule has 0 bridgehead atoms. The summed E-state index contributed by atoms with van der Waals surface area (Å²) in [6.45, 7) is 2.85. The summed E-state index contributed by atoms with van der Waals surface area (Å²) in [5.74, 6) is 0.809. The first-order valence-electron chi connectivity index (χ1n) is 5.59. The minimum absolute atomic E-state index is 0.0399. The van der Waals surface area contributed by atoms with Crippen molar-refractivity contribution >= 4 is 11.8 Å². The predicted octanol–water partition coefficient (Wildman–Crippen LogP) is 0.0328. The van der Waals surface area contributed by atoms with E-state index in [-0.39, 0.29) is 19.3 Å². The van der Waals surface area contributed by atoms with E-state index in [1.807, 2.05) is 6.92 Å². The number of methoxy groups -OCH3 is 1. The van der Waals surface area contributed by atoms with Crippen LogP contribution in [0.4, 0.5) is 0 Å². The van der Waals surface area contributed by atoms with Gasteiger partial charge in [-0.05, 0) is 6.92 Å². The number of ether oxygens (including phenoxy) is 2. The van der Waals surface area contributed by atoms with Crippen molar-refractivity contribution in [3.05, 3.63) is 5.89 Å². The highest BCUT2D eigenvalue weighted by Crippen LogP contribution is 2.17. The number of hydrogen-bond acceptors (Lipinski definition) is 8. The predicted molar refractivity (Wildman–Crippen MR) is 66.2 cm³/mol. The summed E-state index contributed by atoms with van der Waals surface area (Å²) in [4.78, 5) is 0. The minimum atomic E-state index is -0.595. The van der Waals surface area contributed by atoms with Crippen molar-refractivity contribution in [1.82, 2.24) is 10.2 Å². The van der Waals surface area contributed by atoms with Crippen LogP contribution in [-0.4, -0.2) is 53.6 Å². The molecule has 1 rings (SSSR count). The van der Waals surface area contributed by atoms with Crippen molar-refractivity contribution in [3.8, 4) is 0 Å². The molecule has 104 valence electrons. The van der Waals surface area contributed by atoms with E-state index >= 15 is 0 Å². The fraction of sp³-hybridized carbons (Fsp3) is 0.800. The molecule has 0 radical (unpaired) electrons. The number of nitrogens with zero attached hydrogens (tertiary/aromatic N) is 2. The number of nitrogens with two attached hydrogens (primary N) is 1. The molecule has 0 fully saturated rings. The van der Waals surface area contributed by atoms with Gasteiger partial charge in [-0.1, -0.05) is 11.8 Å². The highest BCUT2D eigenvalue weighted by atomic mass is 32.2. The molecule has 8 heteroatoms. The SMILES string of the molecule is COCC(C)OCC(O)CSc1nnc(CN)o1. The van der Waals surface area contributed by atoms with Crippen molar-refractivity contribution < 1.29 is 19.0 Å². The molecule has 0 spiro atoms. The molecule has 0 aliphatic rings. The zero-order chi connectivity index (χ0) is 13.4. The summed E-state index contributed by atoms with van der Waals surface area (Å²) >= 11 is 1.27. The molecule has 0 amide bonds. The Bertz CT molecular complexity index is 337. The van der Waals surface area contributed by atoms with E-state index in [1.165, 1.54) is 11.8 Å². The lowest BCUT2D eigenvalue weighted by Crippen LogP contribution is -2.24. The fourth-order valence-electron chi connectivity index (χ4n) is 1.15. The minimum Gasteiger partial charge on any atom is -0.415 e. The molecule has 1 aromatic rings. The average Bonchev–Trinajstić information content (AvgIpc) is 2.82. The molecule has 2 atom stereocenters. The molecule has 0 aromatic carbocycles. The Morgan fingerprint density at radius 1 is 1.44 bits per heavy atom. The molecule has 0 aliphatic heterocycles. The summed E-state index contributed by atoms with van der Waals surface area (Å²) in [6.07, 6.45) is -0.635. The Labute approximate surface area is 110 Å². The molecule has 7 nitrogen and oxygen atoms in total. The van der Waals surface area contributed by atoms with E-state index < -0.39 is 6.10 Å². The zero-order valence-electron chi connectivity index (χ0n) is 10.5. The van der Waals surface area contributed by atoms with Gasteiger partial charge in [0.2, 0.25) is 5.89 Å². The summed E-state index contributed by atoms with van der Waals surface area (Å²) < 4.78 is 15.5. The normalized spacial score (nSPS) is 14.7. The van der Waals surface area contributed by atoms with Gasteiger partial charge in [0.15, 0.2) is 0 Å². The van der Waals surface area contributed by atoms with E-state index in [2.05, 4.69) is 10.2 Å². The van der Waals surface area contributed by atoms with E-state index in [0.29, 0.717) is 23.5 Å². The fourth-order valence-corrected chi connectivity index (χ4v) is 1.84. The quantitative estimate of drug-likeness (QED) is 0.609. The van der Waals surface area contributed by atoms with Crippen LogP contribution in [0.1, 0.15) is 12.8 Å². The second-order valence-electron chi connectivity index (χ2n) is 3.73. The maximum Gasteiger partial charge on any atom is 0.276 e. The van der Waals surface area contributed by atoms with Gasteiger partial charge in [0.25, 0.3) is 5.22 Å². The standard InChI is InChI=1S/C10H19N3O4S/c1-7(4-15-2)16-5-8(14)6-18-10-13-12-9(3-11)17-10/h7-8,14H,3-6,11H2,1-2H3. The first-order chi connectivity index (χ1) is 8.65. The van der Waals surface area contributed by atoms with E-state index in [9.17, 15) is 5.11 Å². The van der Waals surface area contributed by atoms with Crippen LogP contribution in [0.15, 0.2) is 9.64 Å². The van der Waals surface area contributed by atoms with Gasteiger partial charge in [0, 0.05) is 12.9 Å². The van der Waals surface area contributed by atoms with Gasteiger partial charge >= 0.3 is 0 Å². The van der Waals surface area contributed by atoms with Gasteiger partial charge < -0.3 is 24.7 Å². The lowest BCUT2D eigenvalue weighted by molar-refractivity contribution is -0.0257. The molecule has 0 aliphatic carbocycles. The molecule has 18 heavy (non-hydrogen) atoms. The molecule has 1 aromatic heterocycles. The Morgan fingerprint density at radius 3 is 2.83 bits per heavy atom. The summed E-state index contributed by atoms with van der Waals surface area (Å²) in [7, 11) is 1.61. The maximum absolute atomic E-state index is 9.69. The number of rotatable bonds is 9. The molecule has 0 saturated carbocycles. The second-order valence-corrected chi connectivity index (χ2v) is 4.70. The molecular formula is C10H19N3O4S. The third-order valence-electron chi connectivity index (χ3n) is 2.00. The Kier molecular flexibility index (Phi) is 7.21. The van der Waals surface area contributed by atoms with Gasteiger partial charge in [-0.2, -0.15) is 0 Å². The van der Waals surface area contributed by atoms with E-state index in [0.717, 1.165) is 0 Å². The van der Waals surface area contributed by atoms with Gasteiger partial charge in [0.05, 0.1) is 32.0 Å². The van der Waals surface area contributed by atoms with Crippen molar-refractivity contribution in [2.75, 3.05) is 26.1 Å². The van der Waals surface area contributed by atoms with Gasteiger partial charge in [0.1, 0.15) is 0 Å². The largest absolute Gasteiger partial charge is 0.415 e. The number of thioether (sulfide) groups is 1. The number of aliphatic hydroxyl groups is 1. The first-order valence-corrected chi connectivity index (χ1v) is 6.58. The average molecular weight is 277 g/mol. The Balaban J connectivity index is 2.18. The van der Waals surface area contributed by atoms with E-state index in [1.54, 1.807) is 7.11 Å². The van der Waals surface area contributed by atoms with Crippen LogP contribution in [-0.2, 0) is 16.0 Å². The van der Waals surface area contributed by atoms with Gasteiger partial charge in [-0.25, -0.2) is 0 Å². The van der Waals surface area contributed by atoms with Gasteiger partial charge in [-0.15, -0.1) is 10.2 Å².